The van der Waals surface area contributed by atoms with Gasteiger partial charge in [-0.05, 0) is 37.1 Å². The van der Waals surface area contributed by atoms with Gasteiger partial charge < -0.3 is 15.0 Å². The van der Waals surface area contributed by atoms with Gasteiger partial charge in [-0.1, -0.05) is 5.57 Å². The molecule has 1 N–H and O–H groups in total. The Kier molecular flexibility index (Phi) is 5.73. The molecule has 0 saturated carbocycles. The van der Waals surface area contributed by atoms with Crippen LogP contribution >= 0.6 is 0 Å². The van der Waals surface area contributed by atoms with E-state index < -0.39 is 18.0 Å². The molecular formula is C19H22FN3O4. The topological polar surface area (TPSA) is 79.0 Å². The predicted molar refractivity (Wildman–Crippen MR) is 98.3 cm³/mol. The molecule has 0 aliphatic carbocycles. The molecule has 2 fully saturated rings. The van der Waals surface area contributed by atoms with E-state index in [1.165, 1.54) is 17.9 Å². The molecule has 2 saturated heterocycles. The number of cyclic esters (lactones) is 1. The molecule has 3 rings (SSSR count). The van der Waals surface area contributed by atoms with Gasteiger partial charge in [0.1, 0.15) is 18.2 Å². The number of carbonyl (C=O) groups is 3. The second-order valence-electron chi connectivity index (χ2n) is 6.64. The molecule has 144 valence electrons. The summed E-state index contributed by atoms with van der Waals surface area (Å²) in [6.07, 6.45) is 2.79. The number of anilines is 2. The van der Waals surface area contributed by atoms with Crippen molar-refractivity contribution in [1.82, 2.24) is 5.32 Å². The van der Waals surface area contributed by atoms with Crippen molar-refractivity contribution in [2.24, 2.45) is 0 Å². The molecule has 1 atom stereocenters. The molecule has 2 heterocycles. The number of aldehydes is 1. The van der Waals surface area contributed by atoms with Gasteiger partial charge >= 0.3 is 6.09 Å². The third-order valence-corrected chi connectivity index (χ3v) is 4.75. The lowest BCUT2D eigenvalue weighted by molar-refractivity contribution is -0.119. The summed E-state index contributed by atoms with van der Waals surface area (Å²) in [4.78, 5) is 36.9. The maximum atomic E-state index is 14.7. The number of hydrogen-bond donors (Lipinski definition) is 1. The zero-order valence-corrected chi connectivity index (χ0v) is 15.1. The normalized spacial score (nSPS) is 19.7. The van der Waals surface area contributed by atoms with E-state index in [4.69, 9.17) is 4.74 Å². The number of rotatable bonds is 5. The summed E-state index contributed by atoms with van der Waals surface area (Å²) in [5.41, 5.74) is 1.97. The number of halogens is 1. The fourth-order valence-electron chi connectivity index (χ4n) is 3.31. The molecule has 2 aliphatic rings. The molecular weight excluding hydrogens is 353 g/mol. The highest BCUT2D eigenvalue weighted by Gasteiger charge is 2.33. The summed E-state index contributed by atoms with van der Waals surface area (Å²) in [6.45, 7) is 3.14. The van der Waals surface area contributed by atoms with Crippen LogP contribution < -0.4 is 15.1 Å². The minimum Gasteiger partial charge on any atom is -0.442 e. The number of piperidine rings is 1. The van der Waals surface area contributed by atoms with E-state index in [1.807, 2.05) is 4.90 Å². The Balaban J connectivity index is 1.66. The van der Waals surface area contributed by atoms with Gasteiger partial charge in [-0.25, -0.2) is 9.18 Å². The predicted octanol–water partition coefficient (Wildman–Crippen LogP) is 2.01. The Labute approximate surface area is 156 Å². The summed E-state index contributed by atoms with van der Waals surface area (Å²) < 4.78 is 19.9. The highest BCUT2D eigenvalue weighted by atomic mass is 19.1. The first kappa shape index (κ1) is 18.9. The fourth-order valence-corrected chi connectivity index (χ4v) is 3.31. The Bertz CT molecular complexity index is 770. The highest BCUT2D eigenvalue weighted by molar-refractivity contribution is 5.90. The van der Waals surface area contributed by atoms with Crippen LogP contribution in [0.5, 0.6) is 0 Å². The van der Waals surface area contributed by atoms with Gasteiger partial charge in [-0.2, -0.15) is 0 Å². The molecule has 0 aromatic heterocycles. The summed E-state index contributed by atoms with van der Waals surface area (Å²) in [6, 6.07) is 4.68. The summed E-state index contributed by atoms with van der Waals surface area (Å²) in [5.74, 6) is -0.610. The zero-order valence-electron chi connectivity index (χ0n) is 15.1. The van der Waals surface area contributed by atoms with Gasteiger partial charge in [-0.3, -0.25) is 14.5 Å². The molecule has 1 aromatic rings. The smallest absolute Gasteiger partial charge is 0.414 e. The summed E-state index contributed by atoms with van der Waals surface area (Å²) in [5, 5.41) is 2.61. The Morgan fingerprint density at radius 1 is 1.37 bits per heavy atom. The van der Waals surface area contributed by atoms with Gasteiger partial charge in [0.05, 0.1) is 24.5 Å². The molecule has 2 amide bonds. The molecule has 0 spiro atoms. The quantitative estimate of drug-likeness (QED) is 0.629. The van der Waals surface area contributed by atoms with Crippen LogP contribution in [0.15, 0.2) is 29.8 Å². The standard InChI is InChI=1S/C19H22FN3O4/c1-13(25)21-11-16-12-23(19(26)27-16)15-2-3-18(17(20)10-15)22-7-4-14(5-8-22)6-9-24/h2-3,6,9-10,16H,4-5,7-8,11-12H2,1H3,(H,21,25)/t16-/m0/s1. The molecule has 0 unspecified atom stereocenters. The van der Waals surface area contributed by atoms with E-state index in [-0.39, 0.29) is 19.0 Å². The average molecular weight is 375 g/mol. The van der Waals surface area contributed by atoms with Crippen LogP contribution in [0.1, 0.15) is 19.8 Å². The number of allylic oxidation sites excluding steroid dienone is 1. The third-order valence-electron chi connectivity index (χ3n) is 4.75. The average Bonchev–Trinajstić information content (AvgIpc) is 3.02. The van der Waals surface area contributed by atoms with Crippen molar-refractivity contribution in [3.63, 3.8) is 0 Å². The van der Waals surface area contributed by atoms with Crippen molar-refractivity contribution >= 4 is 29.7 Å². The molecule has 8 heteroatoms. The van der Waals surface area contributed by atoms with Crippen LogP contribution in [0.2, 0.25) is 0 Å². The van der Waals surface area contributed by atoms with Crippen LogP contribution in [0.3, 0.4) is 0 Å². The highest BCUT2D eigenvalue weighted by Crippen LogP contribution is 2.30. The van der Waals surface area contributed by atoms with E-state index in [9.17, 15) is 18.8 Å². The Morgan fingerprint density at radius 2 is 2.11 bits per heavy atom. The van der Waals surface area contributed by atoms with E-state index >= 15 is 0 Å². The number of amides is 2. The van der Waals surface area contributed by atoms with Gasteiger partial charge in [0, 0.05) is 20.0 Å². The third kappa shape index (κ3) is 4.45. The maximum absolute atomic E-state index is 14.7. The number of hydrogen-bond acceptors (Lipinski definition) is 5. The van der Waals surface area contributed by atoms with Crippen molar-refractivity contribution in [2.75, 3.05) is 36.0 Å². The van der Waals surface area contributed by atoms with E-state index in [0.29, 0.717) is 24.5 Å². The van der Waals surface area contributed by atoms with Gasteiger partial charge in [0.15, 0.2) is 0 Å². The van der Waals surface area contributed by atoms with E-state index in [0.717, 1.165) is 24.7 Å². The van der Waals surface area contributed by atoms with Crippen molar-refractivity contribution in [2.45, 2.75) is 25.9 Å². The van der Waals surface area contributed by atoms with Gasteiger partial charge in [0.2, 0.25) is 5.91 Å². The summed E-state index contributed by atoms with van der Waals surface area (Å²) >= 11 is 0. The van der Waals surface area contributed by atoms with Crippen molar-refractivity contribution in [1.29, 1.82) is 0 Å². The number of nitrogens with one attached hydrogen (secondary N) is 1. The minimum absolute atomic E-state index is 0.201. The van der Waals surface area contributed by atoms with Crippen molar-refractivity contribution in [3.8, 4) is 0 Å². The largest absolute Gasteiger partial charge is 0.442 e. The van der Waals surface area contributed by atoms with Gasteiger partial charge in [-0.15, -0.1) is 0 Å². The molecule has 2 aliphatic heterocycles. The second-order valence-corrected chi connectivity index (χ2v) is 6.64. The molecule has 1 aromatic carbocycles. The van der Waals surface area contributed by atoms with Crippen molar-refractivity contribution < 1.29 is 23.5 Å². The first-order valence-corrected chi connectivity index (χ1v) is 8.88. The zero-order chi connectivity index (χ0) is 19.4. The van der Waals surface area contributed by atoms with Crippen LogP contribution in [-0.4, -0.2) is 50.6 Å². The number of nitrogens with zero attached hydrogens (tertiary/aromatic N) is 2. The molecule has 7 nitrogen and oxygen atoms in total. The number of carbonyl (C=O) groups excluding carboxylic acids is 3. The number of benzene rings is 1. The Hall–Kier alpha value is -2.90. The molecule has 27 heavy (non-hydrogen) atoms. The lowest BCUT2D eigenvalue weighted by atomic mass is 10.0. The lowest BCUT2D eigenvalue weighted by Crippen LogP contribution is -2.33. The van der Waals surface area contributed by atoms with E-state index in [2.05, 4.69) is 5.32 Å². The second kappa shape index (κ2) is 8.20. The van der Waals surface area contributed by atoms with E-state index in [1.54, 1.807) is 18.2 Å². The van der Waals surface area contributed by atoms with Crippen LogP contribution in [0, 0.1) is 5.82 Å². The monoisotopic (exact) mass is 375 g/mol. The van der Waals surface area contributed by atoms with Crippen molar-refractivity contribution in [3.05, 3.63) is 35.7 Å². The molecule has 0 bridgehead atoms. The Morgan fingerprint density at radius 3 is 2.74 bits per heavy atom. The van der Waals surface area contributed by atoms with Crippen LogP contribution in [0.4, 0.5) is 20.6 Å². The lowest BCUT2D eigenvalue weighted by Gasteiger charge is -2.30. The minimum atomic E-state index is -0.556. The first-order valence-electron chi connectivity index (χ1n) is 8.88. The maximum Gasteiger partial charge on any atom is 0.414 e. The number of ether oxygens (including phenoxy) is 1. The summed E-state index contributed by atoms with van der Waals surface area (Å²) in [7, 11) is 0. The fraction of sp³-hybridized carbons (Fsp3) is 0.421. The molecule has 0 radical (unpaired) electrons. The van der Waals surface area contributed by atoms with Crippen LogP contribution in [-0.2, 0) is 14.3 Å². The van der Waals surface area contributed by atoms with Gasteiger partial charge in [0.25, 0.3) is 0 Å². The first-order chi connectivity index (χ1) is 13.0. The van der Waals surface area contributed by atoms with Crippen LogP contribution in [0.25, 0.3) is 0 Å². The SMILES string of the molecule is CC(=O)NC[C@H]1CN(c2ccc(N3CCC(=CC=O)CC3)c(F)c2)C(=O)O1.